The van der Waals surface area contributed by atoms with Gasteiger partial charge in [0.2, 0.25) is 27.7 Å². The summed E-state index contributed by atoms with van der Waals surface area (Å²) in [4.78, 5) is 55.3. The third-order valence-electron chi connectivity index (χ3n) is 11.2. The zero-order chi connectivity index (χ0) is 37.5. The molecular weight excluding hydrogens is 725 g/mol. The molecule has 0 spiro atoms. The molecule has 8 rings (SSSR count). The van der Waals surface area contributed by atoms with Crippen LogP contribution in [0.1, 0.15) is 64.7 Å². The van der Waals surface area contributed by atoms with Gasteiger partial charge in [0, 0.05) is 18.0 Å². The average molecular weight is 769 g/mol. The summed E-state index contributed by atoms with van der Waals surface area (Å²) < 4.78 is 34.3. The number of carbonyl (C=O) groups excluding carboxylic acids is 3. The van der Waals surface area contributed by atoms with E-state index in [1.54, 1.807) is 11.8 Å². The van der Waals surface area contributed by atoms with Gasteiger partial charge in [0.1, 0.15) is 29.4 Å². The number of nitrogens with zero attached hydrogens (tertiary/aromatic N) is 3. The van der Waals surface area contributed by atoms with Crippen LogP contribution in [0.2, 0.25) is 0 Å². The van der Waals surface area contributed by atoms with E-state index in [2.05, 4.69) is 15.4 Å². The van der Waals surface area contributed by atoms with Crippen LogP contribution in [-0.4, -0.2) is 76.0 Å². The summed E-state index contributed by atoms with van der Waals surface area (Å²) in [6, 6.07) is 19.3. The number of ether oxygens (including phenoxy) is 1. The number of benzene rings is 2. The highest BCUT2D eigenvalue weighted by Gasteiger charge is 2.63. The summed E-state index contributed by atoms with van der Waals surface area (Å²) in [6.45, 7) is 1.71. The van der Waals surface area contributed by atoms with E-state index in [1.165, 1.54) is 11.3 Å². The summed E-state index contributed by atoms with van der Waals surface area (Å²) >= 11 is 1.51. The Morgan fingerprint density at radius 1 is 0.981 bits per heavy atom. The number of nitrogens with one attached hydrogen (secondary N) is 3. The van der Waals surface area contributed by atoms with Gasteiger partial charge in [0.15, 0.2) is 0 Å². The highest BCUT2D eigenvalue weighted by atomic mass is 32.2. The van der Waals surface area contributed by atoms with E-state index in [-0.39, 0.29) is 31.2 Å². The van der Waals surface area contributed by atoms with Gasteiger partial charge in [-0.3, -0.25) is 19.1 Å². The summed E-state index contributed by atoms with van der Waals surface area (Å²) in [7, 11) is -3.95. The maximum atomic E-state index is 14.7. The van der Waals surface area contributed by atoms with Crippen molar-refractivity contribution < 1.29 is 27.5 Å². The van der Waals surface area contributed by atoms with Crippen molar-refractivity contribution >= 4 is 55.8 Å². The molecule has 2 aromatic heterocycles. The van der Waals surface area contributed by atoms with Crippen molar-refractivity contribution in [2.75, 3.05) is 11.9 Å². The molecule has 3 fully saturated rings. The molecule has 54 heavy (non-hydrogen) atoms. The molecule has 3 amide bonds. The second-order valence-corrected chi connectivity index (χ2v) is 18.3. The molecule has 2 aliphatic heterocycles. The Labute approximate surface area is 318 Å². The van der Waals surface area contributed by atoms with Crippen LogP contribution in [0.15, 0.2) is 84.3 Å². The number of hydrogen-bond donors (Lipinski definition) is 3. The van der Waals surface area contributed by atoms with Crippen LogP contribution < -0.4 is 20.1 Å². The molecule has 1 saturated heterocycles. The fourth-order valence-corrected chi connectivity index (χ4v) is 9.50. The number of carbonyl (C=O) groups is 3. The lowest BCUT2D eigenvalue weighted by Gasteiger charge is -2.30. The van der Waals surface area contributed by atoms with Crippen LogP contribution in [0.25, 0.3) is 21.6 Å². The summed E-state index contributed by atoms with van der Waals surface area (Å²) in [6.07, 6.45) is 8.48. The number of sulfonamides is 1. The number of anilines is 1. The van der Waals surface area contributed by atoms with Gasteiger partial charge in [-0.2, -0.15) is 0 Å². The third-order valence-corrected chi connectivity index (χ3v) is 14.2. The lowest BCUT2D eigenvalue weighted by atomic mass is 10.0. The van der Waals surface area contributed by atoms with Crippen molar-refractivity contribution in [1.29, 1.82) is 0 Å². The van der Waals surface area contributed by atoms with Crippen LogP contribution in [0, 0.1) is 5.92 Å². The molecule has 0 bridgehead atoms. The largest absolute Gasteiger partial charge is 0.471 e. The highest BCUT2D eigenvalue weighted by Crippen LogP contribution is 2.47. The van der Waals surface area contributed by atoms with Gasteiger partial charge < -0.3 is 20.3 Å². The van der Waals surface area contributed by atoms with Crippen LogP contribution >= 0.6 is 11.3 Å². The van der Waals surface area contributed by atoms with E-state index in [4.69, 9.17) is 14.7 Å². The zero-order valence-electron chi connectivity index (χ0n) is 30.1. The molecule has 0 unspecified atom stereocenters. The summed E-state index contributed by atoms with van der Waals surface area (Å²) in [5.74, 6) is -1.62. The van der Waals surface area contributed by atoms with Gasteiger partial charge in [-0.05, 0) is 81.2 Å². The van der Waals surface area contributed by atoms with Gasteiger partial charge in [-0.25, -0.2) is 18.4 Å². The van der Waals surface area contributed by atoms with Gasteiger partial charge in [-0.15, -0.1) is 11.3 Å². The minimum atomic E-state index is -3.95. The number of para-hydroxylation sites is 3. The molecule has 12 nitrogen and oxygen atoms in total. The van der Waals surface area contributed by atoms with Crippen LogP contribution in [-0.2, 0) is 24.4 Å². The van der Waals surface area contributed by atoms with Crippen molar-refractivity contribution in [3.05, 3.63) is 84.3 Å². The molecule has 282 valence electrons. The molecule has 4 heterocycles. The predicted octanol–water partition coefficient (Wildman–Crippen LogP) is 5.58. The van der Waals surface area contributed by atoms with E-state index < -0.39 is 50.3 Å². The van der Waals surface area contributed by atoms with E-state index in [1.807, 2.05) is 84.3 Å². The van der Waals surface area contributed by atoms with Crippen LogP contribution in [0.3, 0.4) is 0 Å². The second-order valence-electron chi connectivity index (χ2n) is 15.1. The maximum Gasteiger partial charge on any atom is 0.259 e. The maximum absolute atomic E-state index is 14.7. The average Bonchev–Trinajstić information content (AvgIpc) is 3.92. The first-order valence-electron chi connectivity index (χ1n) is 18.7. The number of amides is 3. The van der Waals surface area contributed by atoms with Crippen LogP contribution in [0.4, 0.5) is 5.69 Å². The van der Waals surface area contributed by atoms with Crippen molar-refractivity contribution in [2.45, 2.75) is 93.2 Å². The lowest BCUT2D eigenvalue weighted by Crippen LogP contribution is -2.58. The molecule has 0 radical (unpaired) electrons. The Morgan fingerprint density at radius 3 is 2.48 bits per heavy atom. The number of aromatic nitrogens is 2. The molecule has 2 aliphatic carbocycles. The molecule has 2 saturated carbocycles. The van der Waals surface area contributed by atoms with Gasteiger partial charge in [-0.1, -0.05) is 61.4 Å². The predicted molar refractivity (Wildman–Crippen MR) is 207 cm³/mol. The fraction of sp³-hybridized carbons (Fsp3) is 0.425. The highest BCUT2D eigenvalue weighted by molar-refractivity contribution is 7.91. The zero-order valence-corrected chi connectivity index (χ0v) is 31.7. The van der Waals surface area contributed by atoms with Gasteiger partial charge in [0.25, 0.3) is 5.91 Å². The molecule has 14 heteroatoms. The number of fused-ring (bicyclic) bond motifs is 3. The van der Waals surface area contributed by atoms with E-state index >= 15 is 0 Å². The minimum absolute atomic E-state index is 0.0948. The van der Waals surface area contributed by atoms with Crippen molar-refractivity contribution in [2.24, 2.45) is 5.92 Å². The van der Waals surface area contributed by atoms with Crippen LogP contribution in [0.5, 0.6) is 5.88 Å². The normalized spacial score (nSPS) is 27.4. The summed E-state index contributed by atoms with van der Waals surface area (Å²) in [5, 5.41) is 8.34. The number of rotatable bonds is 8. The monoisotopic (exact) mass is 768 g/mol. The van der Waals surface area contributed by atoms with Crippen molar-refractivity contribution in [1.82, 2.24) is 24.9 Å². The van der Waals surface area contributed by atoms with E-state index in [0.29, 0.717) is 41.9 Å². The van der Waals surface area contributed by atoms with Gasteiger partial charge in [0.05, 0.1) is 27.2 Å². The van der Waals surface area contributed by atoms with E-state index in [0.717, 1.165) is 36.2 Å². The number of hydrogen-bond acceptors (Lipinski definition) is 10. The molecule has 3 N–H and O–H groups in total. The van der Waals surface area contributed by atoms with Crippen molar-refractivity contribution in [3.8, 4) is 16.5 Å². The molecule has 4 aliphatic rings. The van der Waals surface area contributed by atoms with E-state index in [9.17, 15) is 22.8 Å². The Hall–Kier alpha value is -4.82. The second kappa shape index (κ2) is 14.4. The summed E-state index contributed by atoms with van der Waals surface area (Å²) in [5.41, 5.74) is 1.26. The number of allylic oxidation sites excluding steroid dienone is 1. The Morgan fingerprint density at radius 2 is 1.74 bits per heavy atom. The molecular formula is C40H44N6O6S2. The van der Waals surface area contributed by atoms with Gasteiger partial charge >= 0.3 is 0 Å². The molecule has 4 aromatic rings. The Kier molecular flexibility index (Phi) is 9.67. The van der Waals surface area contributed by atoms with Crippen molar-refractivity contribution in [3.63, 3.8) is 0 Å². The topological polar surface area (TPSA) is 160 Å². The first-order valence-corrected chi connectivity index (χ1v) is 21.1. The smallest absolute Gasteiger partial charge is 0.259 e. The minimum Gasteiger partial charge on any atom is -0.471 e. The standard InChI is InChI=1S/C40H44N6O6S2/c1-39(20-21-39)54(50,51)45-38(49)40-24-26(40)13-6-3-2-4-9-18-31(41-27-14-7-5-8-15-27)37(48)46-25-28(23-32(46)35(47)44-40)52-36-34(33-19-12-22-53-33)42-29-16-10-11-17-30(29)43-36/h5-8,10-17,19,22,26,28,31-32,41H,2-4,9,18,20-21,23-25H2,1H3,(H,44,47)(H,45,49)/b13-6-/t26-,28-,31+,32+,40-/m1/s1. The Balaban J connectivity index is 1.13. The first-order chi connectivity index (χ1) is 26.1. The SMILES string of the molecule is CC1(S(=O)(=O)NC(=O)[C@@]23C[C@H]2/C=C\CCCCC[C@H](Nc2ccccc2)C(=O)N2C[C@H](Oc4nc5ccccc5nc4-c4cccs4)C[C@H]2C(=O)N3)CC1. The Bertz CT molecular complexity index is 2190. The number of thiophene rings is 1. The fourth-order valence-electron chi connectivity index (χ4n) is 7.48. The molecule has 2 aromatic carbocycles. The quantitative estimate of drug-likeness (QED) is 0.195. The first kappa shape index (κ1) is 36.2. The third kappa shape index (κ3) is 7.20. The molecule has 5 atom stereocenters. The lowest BCUT2D eigenvalue weighted by molar-refractivity contribution is -0.140.